The molecule has 0 spiro atoms. The molecule has 0 unspecified atom stereocenters. The number of amides is 2. The summed E-state index contributed by atoms with van der Waals surface area (Å²) in [6.45, 7) is 11.0. The van der Waals surface area contributed by atoms with Gasteiger partial charge in [-0.05, 0) is 82.0 Å². The summed E-state index contributed by atoms with van der Waals surface area (Å²) < 4.78 is 29.1. The number of sulfonamides is 1. The Labute approximate surface area is 232 Å². The molecule has 0 aliphatic carbocycles. The summed E-state index contributed by atoms with van der Waals surface area (Å²) >= 11 is 0. The van der Waals surface area contributed by atoms with E-state index in [4.69, 9.17) is 0 Å². The fourth-order valence-corrected chi connectivity index (χ4v) is 5.94. The van der Waals surface area contributed by atoms with Crippen molar-refractivity contribution in [3.63, 3.8) is 0 Å². The third kappa shape index (κ3) is 7.69. The molecule has 2 amide bonds. The lowest BCUT2D eigenvalue weighted by molar-refractivity contribution is -0.140. The largest absolute Gasteiger partial charge is 0.352 e. The molecule has 39 heavy (non-hydrogen) atoms. The Hall–Kier alpha value is -3.65. The van der Waals surface area contributed by atoms with Crippen LogP contribution in [0.25, 0.3) is 0 Å². The van der Waals surface area contributed by atoms with Gasteiger partial charge in [-0.2, -0.15) is 0 Å². The number of hydrogen-bond donors (Lipinski definition) is 1. The number of benzene rings is 3. The van der Waals surface area contributed by atoms with Gasteiger partial charge < -0.3 is 10.2 Å². The molecule has 3 aromatic carbocycles. The van der Waals surface area contributed by atoms with E-state index in [1.165, 1.54) is 4.90 Å². The van der Waals surface area contributed by atoms with Crippen LogP contribution in [0.3, 0.4) is 0 Å². The van der Waals surface area contributed by atoms with Crippen molar-refractivity contribution < 1.29 is 18.0 Å². The Bertz CT molecular complexity index is 1370. The van der Waals surface area contributed by atoms with Crippen LogP contribution in [-0.4, -0.2) is 43.8 Å². The lowest BCUT2D eigenvalue weighted by atomic mass is 10.1. The normalized spacial score (nSPS) is 12.2. The Morgan fingerprint density at radius 2 is 1.44 bits per heavy atom. The molecule has 0 aromatic heterocycles. The van der Waals surface area contributed by atoms with Crippen molar-refractivity contribution in [3.8, 4) is 0 Å². The van der Waals surface area contributed by atoms with E-state index < -0.39 is 28.5 Å². The number of hydrogen-bond acceptors (Lipinski definition) is 4. The molecule has 0 fully saturated rings. The minimum Gasteiger partial charge on any atom is -0.352 e. The molecular weight excluding hydrogens is 510 g/mol. The zero-order valence-corrected chi connectivity index (χ0v) is 24.5. The molecule has 0 aliphatic rings. The van der Waals surface area contributed by atoms with Crippen LogP contribution >= 0.6 is 0 Å². The van der Waals surface area contributed by atoms with Crippen LogP contribution in [0.4, 0.5) is 5.69 Å². The van der Waals surface area contributed by atoms with Gasteiger partial charge in [0, 0.05) is 12.6 Å². The Morgan fingerprint density at radius 3 is 1.97 bits per heavy atom. The van der Waals surface area contributed by atoms with E-state index in [1.807, 2.05) is 77.9 Å². The topological polar surface area (TPSA) is 86.8 Å². The van der Waals surface area contributed by atoms with Crippen LogP contribution in [0.1, 0.15) is 49.4 Å². The molecule has 3 rings (SSSR count). The molecule has 8 heteroatoms. The van der Waals surface area contributed by atoms with Gasteiger partial charge in [-0.25, -0.2) is 8.42 Å². The van der Waals surface area contributed by atoms with Crippen molar-refractivity contribution in [2.24, 2.45) is 0 Å². The first-order valence-electron chi connectivity index (χ1n) is 13.2. The SMILES string of the molecule is CC[C@H](C(=O)NC(C)C)N(Cc1ccccc1)C(=O)CN(c1cc(C)cc(C)c1)S(=O)(=O)c1ccc(C)cc1. The van der Waals surface area contributed by atoms with Crippen molar-refractivity contribution >= 4 is 27.5 Å². The third-order valence-electron chi connectivity index (χ3n) is 6.39. The molecule has 208 valence electrons. The van der Waals surface area contributed by atoms with Crippen LogP contribution in [0.2, 0.25) is 0 Å². The number of nitrogens with zero attached hydrogens (tertiary/aromatic N) is 2. The van der Waals surface area contributed by atoms with Crippen molar-refractivity contribution in [2.75, 3.05) is 10.8 Å². The van der Waals surface area contributed by atoms with Crippen LogP contribution in [0, 0.1) is 20.8 Å². The number of carbonyl (C=O) groups excluding carboxylic acids is 2. The van der Waals surface area contributed by atoms with Gasteiger partial charge in [-0.3, -0.25) is 13.9 Å². The minimum absolute atomic E-state index is 0.0965. The predicted octanol–water partition coefficient (Wildman–Crippen LogP) is 5.14. The highest BCUT2D eigenvalue weighted by Gasteiger charge is 2.34. The second kappa shape index (κ2) is 12.9. The highest BCUT2D eigenvalue weighted by Crippen LogP contribution is 2.27. The minimum atomic E-state index is -4.09. The number of anilines is 1. The summed E-state index contributed by atoms with van der Waals surface area (Å²) in [6.07, 6.45) is 0.380. The second-order valence-electron chi connectivity index (χ2n) is 10.3. The molecule has 0 heterocycles. The van der Waals surface area contributed by atoms with Gasteiger partial charge in [0.15, 0.2) is 0 Å². The molecule has 7 nitrogen and oxygen atoms in total. The molecular formula is C31H39N3O4S. The second-order valence-corrected chi connectivity index (χ2v) is 12.1. The number of aryl methyl sites for hydroxylation is 3. The van der Waals surface area contributed by atoms with Crippen LogP contribution in [0.15, 0.2) is 77.7 Å². The number of carbonyl (C=O) groups is 2. The average molecular weight is 550 g/mol. The monoisotopic (exact) mass is 549 g/mol. The summed E-state index contributed by atoms with van der Waals surface area (Å²) in [6, 6.07) is 20.6. The third-order valence-corrected chi connectivity index (χ3v) is 8.18. The van der Waals surface area contributed by atoms with Gasteiger partial charge in [0.1, 0.15) is 12.6 Å². The number of rotatable bonds is 11. The molecule has 0 saturated carbocycles. The van der Waals surface area contributed by atoms with Crippen molar-refractivity contribution in [2.45, 2.75) is 71.5 Å². The highest BCUT2D eigenvalue weighted by atomic mass is 32.2. The molecule has 0 radical (unpaired) electrons. The first kappa shape index (κ1) is 29.9. The summed E-state index contributed by atoms with van der Waals surface area (Å²) in [5, 5.41) is 2.91. The molecule has 0 aliphatic heterocycles. The summed E-state index contributed by atoms with van der Waals surface area (Å²) in [4.78, 5) is 28.8. The average Bonchev–Trinajstić information content (AvgIpc) is 2.86. The molecule has 1 N–H and O–H groups in total. The lowest BCUT2D eigenvalue weighted by Gasteiger charge is -2.33. The number of nitrogens with one attached hydrogen (secondary N) is 1. The zero-order chi connectivity index (χ0) is 28.7. The summed E-state index contributed by atoms with van der Waals surface area (Å²) in [5.74, 6) is -0.726. The van der Waals surface area contributed by atoms with Gasteiger partial charge in [0.05, 0.1) is 10.6 Å². The molecule has 3 aromatic rings. The molecule has 1 atom stereocenters. The summed E-state index contributed by atoms with van der Waals surface area (Å²) in [7, 11) is -4.09. The smallest absolute Gasteiger partial charge is 0.264 e. The Kier molecular flexibility index (Phi) is 9.92. The van der Waals surface area contributed by atoms with Crippen molar-refractivity contribution in [1.29, 1.82) is 0 Å². The maximum Gasteiger partial charge on any atom is 0.264 e. The maximum absolute atomic E-state index is 14.1. The van der Waals surface area contributed by atoms with Crippen molar-refractivity contribution in [1.82, 2.24) is 10.2 Å². The van der Waals surface area contributed by atoms with Gasteiger partial charge >= 0.3 is 0 Å². The standard InChI is InChI=1S/C31H39N3O4S/c1-7-29(31(36)32-22(2)3)33(20-26-11-9-8-10-12-26)30(35)21-34(27-18-24(5)17-25(6)19-27)39(37,38)28-15-13-23(4)14-16-28/h8-19,22,29H,7,20-21H2,1-6H3,(H,32,36)/t29-/m1/s1. The lowest BCUT2D eigenvalue weighted by Crippen LogP contribution is -2.53. The quantitative estimate of drug-likeness (QED) is 0.359. The van der Waals surface area contributed by atoms with Crippen molar-refractivity contribution in [3.05, 3.63) is 95.1 Å². The Balaban J connectivity index is 2.08. The van der Waals surface area contributed by atoms with Crippen LogP contribution in [0.5, 0.6) is 0 Å². The summed E-state index contributed by atoms with van der Waals surface area (Å²) in [5.41, 5.74) is 3.94. The maximum atomic E-state index is 14.1. The zero-order valence-electron chi connectivity index (χ0n) is 23.6. The molecule has 0 bridgehead atoms. The van der Waals surface area contributed by atoms with E-state index in [-0.39, 0.29) is 23.4 Å². The fourth-order valence-electron chi connectivity index (χ4n) is 4.54. The fraction of sp³-hybridized carbons (Fsp3) is 0.355. The van der Waals surface area contributed by atoms with Crippen LogP contribution in [-0.2, 0) is 26.2 Å². The first-order valence-corrected chi connectivity index (χ1v) is 14.7. The van der Waals surface area contributed by atoms with Gasteiger partial charge in [0.25, 0.3) is 10.0 Å². The molecule has 0 saturated heterocycles. The van der Waals surface area contributed by atoms with E-state index in [0.717, 1.165) is 26.6 Å². The first-order chi connectivity index (χ1) is 18.4. The Morgan fingerprint density at radius 1 is 0.846 bits per heavy atom. The van der Waals surface area contributed by atoms with Gasteiger partial charge in [-0.1, -0.05) is 61.0 Å². The van der Waals surface area contributed by atoms with Gasteiger partial charge in [0.2, 0.25) is 11.8 Å². The van der Waals surface area contributed by atoms with E-state index in [1.54, 1.807) is 36.4 Å². The predicted molar refractivity (Wildman–Crippen MR) is 156 cm³/mol. The van der Waals surface area contributed by atoms with E-state index in [0.29, 0.717) is 12.1 Å². The van der Waals surface area contributed by atoms with Gasteiger partial charge in [-0.15, -0.1) is 0 Å². The van der Waals surface area contributed by atoms with Crippen LogP contribution < -0.4 is 9.62 Å². The van der Waals surface area contributed by atoms with E-state index in [2.05, 4.69) is 5.32 Å². The highest BCUT2D eigenvalue weighted by molar-refractivity contribution is 7.92. The van der Waals surface area contributed by atoms with E-state index in [9.17, 15) is 18.0 Å². The van der Waals surface area contributed by atoms with E-state index >= 15 is 0 Å².